The predicted octanol–water partition coefficient (Wildman–Crippen LogP) is 2.91. The summed E-state index contributed by atoms with van der Waals surface area (Å²) in [5.41, 5.74) is 1.53. The molecular formula is C15H20O4. The van der Waals surface area contributed by atoms with E-state index < -0.39 is 11.4 Å². The third kappa shape index (κ3) is 3.00. The molecule has 1 aromatic rings. The van der Waals surface area contributed by atoms with Gasteiger partial charge >= 0.3 is 5.97 Å². The van der Waals surface area contributed by atoms with Crippen molar-refractivity contribution in [2.75, 3.05) is 13.2 Å². The molecule has 0 saturated heterocycles. The number of rotatable bonds is 3. The van der Waals surface area contributed by atoms with E-state index >= 15 is 0 Å². The lowest BCUT2D eigenvalue weighted by molar-refractivity contribution is -0.138. The summed E-state index contributed by atoms with van der Waals surface area (Å²) in [5.74, 6) is 0.716. The van der Waals surface area contributed by atoms with Crippen molar-refractivity contribution < 1.29 is 19.4 Å². The Hall–Kier alpha value is -1.71. The van der Waals surface area contributed by atoms with Crippen molar-refractivity contribution in [1.29, 1.82) is 0 Å². The van der Waals surface area contributed by atoms with Crippen molar-refractivity contribution >= 4 is 5.97 Å². The Morgan fingerprint density at radius 2 is 2.00 bits per heavy atom. The normalized spacial score (nSPS) is 14.9. The number of fused-ring (bicyclic) bond motifs is 1. The lowest BCUT2D eigenvalue weighted by Gasteiger charge is -2.25. The van der Waals surface area contributed by atoms with Crippen molar-refractivity contribution in [2.45, 2.75) is 39.0 Å². The monoisotopic (exact) mass is 264 g/mol. The standard InChI is InChI=1S/C15H20O4/c1-10-7-11(15(2,3)9-13(16)17)8-12-14(10)19-6-4-5-18-12/h7-8H,4-6,9H2,1-3H3,(H,16,17). The van der Waals surface area contributed by atoms with Gasteiger partial charge in [-0.15, -0.1) is 0 Å². The first-order valence-corrected chi connectivity index (χ1v) is 6.53. The van der Waals surface area contributed by atoms with E-state index in [0.717, 1.165) is 29.0 Å². The Morgan fingerprint density at radius 3 is 2.68 bits per heavy atom. The number of aliphatic carboxylic acids is 1. The highest BCUT2D eigenvalue weighted by molar-refractivity contribution is 5.69. The highest BCUT2D eigenvalue weighted by Gasteiger charge is 2.27. The zero-order valence-electron chi connectivity index (χ0n) is 11.7. The molecule has 1 aliphatic rings. The van der Waals surface area contributed by atoms with Gasteiger partial charge in [0.05, 0.1) is 19.6 Å². The zero-order chi connectivity index (χ0) is 14.0. The Labute approximate surface area is 113 Å². The molecule has 1 heterocycles. The summed E-state index contributed by atoms with van der Waals surface area (Å²) < 4.78 is 11.4. The van der Waals surface area contributed by atoms with Gasteiger partial charge in [0, 0.05) is 11.8 Å². The van der Waals surface area contributed by atoms with Gasteiger partial charge < -0.3 is 14.6 Å². The third-order valence-corrected chi connectivity index (χ3v) is 3.41. The molecule has 0 saturated carbocycles. The minimum Gasteiger partial charge on any atom is -0.490 e. The zero-order valence-corrected chi connectivity index (χ0v) is 11.7. The van der Waals surface area contributed by atoms with Crippen LogP contribution in [0.1, 0.15) is 37.8 Å². The van der Waals surface area contributed by atoms with Crippen LogP contribution in [0.3, 0.4) is 0 Å². The number of carbonyl (C=O) groups is 1. The van der Waals surface area contributed by atoms with Crippen LogP contribution in [0.15, 0.2) is 12.1 Å². The van der Waals surface area contributed by atoms with E-state index in [2.05, 4.69) is 0 Å². The summed E-state index contributed by atoms with van der Waals surface area (Å²) in [6.07, 6.45) is 0.952. The van der Waals surface area contributed by atoms with Gasteiger partial charge in [-0.3, -0.25) is 4.79 Å². The van der Waals surface area contributed by atoms with Crippen molar-refractivity contribution in [3.05, 3.63) is 23.3 Å². The molecule has 1 N–H and O–H groups in total. The molecular weight excluding hydrogens is 244 g/mol. The smallest absolute Gasteiger partial charge is 0.304 e. The van der Waals surface area contributed by atoms with E-state index in [0.29, 0.717) is 13.2 Å². The van der Waals surface area contributed by atoms with Gasteiger partial charge in [-0.05, 0) is 24.1 Å². The van der Waals surface area contributed by atoms with E-state index in [1.165, 1.54) is 0 Å². The second kappa shape index (κ2) is 5.11. The summed E-state index contributed by atoms with van der Waals surface area (Å²) in [7, 11) is 0. The lowest BCUT2D eigenvalue weighted by atomic mass is 9.81. The molecule has 4 nitrogen and oxygen atoms in total. The summed E-state index contributed by atoms with van der Waals surface area (Å²) in [5, 5.41) is 9.01. The molecule has 0 bridgehead atoms. The van der Waals surface area contributed by atoms with Crippen LogP contribution < -0.4 is 9.47 Å². The van der Waals surface area contributed by atoms with E-state index in [9.17, 15) is 4.79 Å². The maximum Gasteiger partial charge on any atom is 0.304 e. The Bertz CT molecular complexity index is 491. The fraction of sp³-hybridized carbons (Fsp3) is 0.533. The number of hydrogen-bond donors (Lipinski definition) is 1. The molecule has 2 rings (SSSR count). The molecule has 0 radical (unpaired) electrons. The molecule has 0 atom stereocenters. The largest absolute Gasteiger partial charge is 0.490 e. The number of hydrogen-bond acceptors (Lipinski definition) is 3. The molecule has 0 aromatic heterocycles. The predicted molar refractivity (Wildman–Crippen MR) is 72.1 cm³/mol. The van der Waals surface area contributed by atoms with Gasteiger partial charge in [-0.2, -0.15) is 0 Å². The maximum absolute atomic E-state index is 11.0. The van der Waals surface area contributed by atoms with Gasteiger partial charge in [0.2, 0.25) is 0 Å². The topological polar surface area (TPSA) is 55.8 Å². The van der Waals surface area contributed by atoms with E-state index in [-0.39, 0.29) is 6.42 Å². The van der Waals surface area contributed by atoms with E-state index in [4.69, 9.17) is 14.6 Å². The van der Waals surface area contributed by atoms with E-state index in [1.807, 2.05) is 32.9 Å². The number of ether oxygens (including phenoxy) is 2. The Morgan fingerprint density at radius 1 is 1.32 bits per heavy atom. The molecule has 104 valence electrons. The summed E-state index contributed by atoms with van der Waals surface area (Å²) in [6.45, 7) is 7.12. The number of carboxylic acid groups (broad SMARTS) is 1. The van der Waals surface area contributed by atoms with E-state index in [1.54, 1.807) is 0 Å². The Balaban J connectivity index is 2.40. The molecule has 0 amide bonds. The van der Waals surface area contributed by atoms with Crippen LogP contribution in [0.2, 0.25) is 0 Å². The first-order valence-electron chi connectivity index (χ1n) is 6.53. The molecule has 0 unspecified atom stereocenters. The van der Waals surface area contributed by atoms with Gasteiger partial charge in [-0.25, -0.2) is 0 Å². The lowest BCUT2D eigenvalue weighted by Crippen LogP contribution is -2.22. The third-order valence-electron chi connectivity index (χ3n) is 3.41. The molecule has 19 heavy (non-hydrogen) atoms. The number of benzene rings is 1. The average Bonchev–Trinajstić information content (AvgIpc) is 2.52. The van der Waals surface area contributed by atoms with Crippen LogP contribution in [0.5, 0.6) is 11.5 Å². The van der Waals surface area contributed by atoms with Crippen LogP contribution in [0.4, 0.5) is 0 Å². The molecule has 1 aromatic carbocycles. The maximum atomic E-state index is 11.0. The fourth-order valence-corrected chi connectivity index (χ4v) is 2.32. The van der Waals surface area contributed by atoms with Crippen molar-refractivity contribution in [1.82, 2.24) is 0 Å². The van der Waals surface area contributed by atoms with Crippen LogP contribution in [0, 0.1) is 6.92 Å². The van der Waals surface area contributed by atoms with Crippen LogP contribution in [-0.4, -0.2) is 24.3 Å². The second-order valence-corrected chi connectivity index (χ2v) is 5.63. The number of carboxylic acids is 1. The molecule has 4 heteroatoms. The molecule has 0 fully saturated rings. The van der Waals surface area contributed by atoms with Crippen LogP contribution in [0.25, 0.3) is 0 Å². The summed E-state index contributed by atoms with van der Waals surface area (Å²) in [6, 6.07) is 3.91. The highest BCUT2D eigenvalue weighted by atomic mass is 16.5. The Kier molecular flexibility index (Phi) is 3.69. The second-order valence-electron chi connectivity index (χ2n) is 5.63. The minimum absolute atomic E-state index is 0.0894. The first-order chi connectivity index (χ1) is 8.90. The SMILES string of the molecule is Cc1cc(C(C)(C)CC(=O)O)cc2c1OCCCO2. The van der Waals surface area contributed by atoms with Gasteiger partial charge in [0.25, 0.3) is 0 Å². The molecule has 1 aliphatic heterocycles. The van der Waals surface area contributed by atoms with Crippen molar-refractivity contribution in [3.8, 4) is 11.5 Å². The molecule has 0 spiro atoms. The van der Waals surface area contributed by atoms with Gasteiger partial charge in [-0.1, -0.05) is 19.9 Å². The number of aryl methyl sites for hydroxylation is 1. The van der Waals surface area contributed by atoms with Crippen molar-refractivity contribution in [2.24, 2.45) is 0 Å². The summed E-state index contributed by atoms with van der Waals surface area (Å²) in [4.78, 5) is 11.0. The fourth-order valence-electron chi connectivity index (χ4n) is 2.32. The minimum atomic E-state index is -0.797. The highest BCUT2D eigenvalue weighted by Crippen LogP contribution is 2.39. The molecule has 0 aliphatic carbocycles. The van der Waals surface area contributed by atoms with Crippen LogP contribution >= 0.6 is 0 Å². The van der Waals surface area contributed by atoms with Crippen LogP contribution in [-0.2, 0) is 10.2 Å². The quantitative estimate of drug-likeness (QED) is 0.912. The van der Waals surface area contributed by atoms with Crippen molar-refractivity contribution in [3.63, 3.8) is 0 Å². The van der Waals surface area contributed by atoms with Gasteiger partial charge in [0.1, 0.15) is 0 Å². The van der Waals surface area contributed by atoms with Gasteiger partial charge in [0.15, 0.2) is 11.5 Å². The average molecular weight is 264 g/mol. The summed E-state index contributed by atoms with van der Waals surface area (Å²) >= 11 is 0. The first kappa shape index (κ1) is 13.7.